The standard InChI is InChI=1S/C18H26N2O/c1-2-5-16-13-20(12-15(16)4-1)17-7-9-19(10-8-17)14-18-6-3-11-21-18/h1-3,6,11,15-17H,4-5,7-10,12-14H2/t15-,16+. The third kappa shape index (κ3) is 2.95. The fourth-order valence-corrected chi connectivity index (χ4v) is 4.41. The topological polar surface area (TPSA) is 19.6 Å². The summed E-state index contributed by atoms with van der Waals surface area (Å²) in [5, 5.41) is 0. The zero-order valence-electron chi connectivity index (χ0n) is 12.8. The second-order valence-electron chi connectivity index (χ2n) is 7.00. The summed E-state index contributed by atoms with van der Waals surface area (Å²) in [5.41, 5.74) is 0. The molecule has 2 aliphatic heterocycles. The molecule has 1 aliphatic carbocycles. The molecule has 3 heterocycles. The highest BCUT2D eigenvalue weighted by Gasteiger charge is 2.36. The van der Waals surface area contributed by atoms with Crippen molar-refractivity contribution in [1.29, 1.82) is 0 Å². The lowest BCUT2D eigenvalue weighted by Crippen LogP contribution is -2.43. The first-order valence-electron chi connectivity index (χ1n) is 8.52. The molecule has 21 heavy (non-hydrogen) atoms. The Hall–Kier alpha value is -1.06. The third-order valence-electron chi connectivity index (χ3n) is 5.68. The normalized spacial score (nSPS) is 31.6. The van der Waals surface area contributed by atoms with Crippen molar-refractivity contribution in [3.8, 4) is 0 Å². The fraction of sp³-hybridized carbons (Fsp3) is 0.667. The Kier molecular flexibility index (Phi) is 3.87. The molecule has 0 radical (unpaired) electrons. The Balaban J connectivity index is 1.28. The van der Waals surface area contributed by atoms with Crippen LogP contribution in [0.15, 0.2) is 35.0 Å². The number of furan rings is 1. The van der Waals surface area contributed by atoms with Crippen LogP contribution in [0, 0.1) is 11.8 Å². The fourth-order valence-electron chi connectivity index (χ4n) is 4.41. The summed E-state index contributed by atoms with van der Waals surface area (Å²) in [6.07, 6.45) is 11.9. The van der Waals surface area contributed by atoms with Crippen LogP contribution in [0.5, 0.6) is 0 Å². The van der Waals surface area contributed by atoms with Crippen molar-refractivity contribution in [2.75, 3.05) is 26.2 Å². The molecule has 3 heteroatoms. The van der Waals surface area contributed by atoms with Crippen LogP contribution in [0.3, 0.4) is 0 Å². The van der Waals surface area contributed by atoms with Crippen LogP contribution in [0.1, 0.15) is 31.4 Å². The second-order valence-corrected chi connectivity index (χ2v) is 7.00. The monoisotopic (exact) mass is 286 g/mol. The maximum Gasteiger partial charge on any atom is 0.117 e. The highest BCUT2D eigenvalue weighted by Crippen LogP contribution is 2.35. The summed E-state index contributed by atoms with van der Waals surface area (Å²) in [7, 11) is 0. The van der Waals surface area contributed by atoms with Gasteiger partial charge in [-0.05, 0) is 49.7 Å². The van der Waals surface area contributed by atoms with Gasteiger partial charge in [-0.25, -0.2) is 0 Å². The number of fused-ring (bicyclic) bond motifs is 1. The van der Waals surface area contributed by atoms with E-state index in [9.17, 15) is 0 Å². The van der Waals surface area contributed by atoms with Gasteiger partial charge in [-0.1, -0.05) is 12.2 Å². The Morgan fingerprint density at radius 3 is 2.38 bits per heavy atom. The van der Waals surface area contributed by atoms with E-state index in [-0.39, 0.29) is 0 Å². The molecule has 0 spiro atoms. The molecule has 4 rings (SSSR count). The number of nitrogens with zero attached hydrogens (tertiary/aromatic N) is 2. The van der Waals surface area contributed by atoms with E-state index in [1.165, 1.54) is 51.9 Å². The van der Waals surface area contributed by atoms with E-state index in [1.54, 1.807) is 6.26 Å². The van der Waals surface area contributed by atoms with E-state index in [4.69, 9.17) is 4.42 Å². The quantitative estimate of drug-likeness (QED) is 0.796. The minimum atomic E-state index is 0.823. The predicted octanol–water partition coefficient (Wildman–Crippen LogP) is 3.14. The Labute approximate surface area is 127 Å². The summed E-state index contributed by atoms with van der Waals surface area (Å²) in [6, 6.07) is 4.90. The van der Waals surface area contributed by atoms with Gasteiger partial charge < -0.3 is 4.42 Å². The van der Waals surface area contributed by atoms with E-state index in [1.807, 2.05) is 6.07 Å². The number of rotatable bonds is 3. The van der Waals surface area contributed by atoms with Gasteiger partial charge in [0.1, 0.15) is 5.76 Å². The molecular formula is C18H26N2O. The van der Waals surface area contributed by atoms with E-state index in [0.29, 0.717) is 0 Å². The molecule has 114 valence electrons. The van der Waals surface area contributed by atoms with Gasteiger partial charge in [0.05, 0.1) is 12.8 Å². The smallest absolute Gasteiger partial charge is 0.117 e. The van der Waals surface area contributed by atoms with Crippen molar-refractivity contribution in [3.63, 3.8) is 0 Å². The first-order valence-corrected chi connectivity index (χ1v) is 8.52. The summed E-state index contributed by atoms with van der Waals surface area (Å²) in [4.78, 5) is 5.34. The Bertz CT molecular complexity index is 457. The molecule has 0 unspecified atom stereocenters. The van der Waals surface area contributed by atoms with Crippen molar-refractivity contribution in [3.05, 3.63) is 36.3 Å². The summed E-state index contributed by atoms with van der Waals surface area (Å²) >= 11 is 0. The molecule has 3 aliphatic rings. The van der Waals surface area contributed by atoms with Crippen LogP contribution >= 0.6 is 0 Å². The average molecular weight is 286 g/mol. The van der Waals surface area contributed by atoms with Crippen molar-refractivity contribution < 1.29 is 4.42 Å². The van der Waals surface area contributed by atoms with E-state index in [0.717, 1.165) is 30.2 Å². The Morgan fingerprint density at radius 2 is 1.76 bits per heavy atom. The van der Waals surface area contributed by atoms with Crippen molar-refractivity contribution in [2.24, 2.45) is 11.8 Å². The van der Waals surface area contributed by atoms with Crippen molar-refractivity contribution in [1.82, 2.24) is 9.80 Å². The molecule has 0 aromatic carbocycles. The first-order chi connectivity index (χ1) is 10.4. The van der Waals surface area contributed by atoms with Crippen LogP contribution in [0.2, 0.25) is 0 Å². The average Bonchev–Trinajstić information content (AvgIpc) is 3.16. The summed E-state index contributed by atoms with van der Waals surface area (Å²) in [6.45, 7) is 6.11. The second kappa shape index (κ2) is 5.98. The first kappa shape index (κ1) is 13.6. The molecule has 0 amide bonds. The summed E-state index contributed by atoms with van der Waals surface area (Å²) in [5.74, 6) is 2.99. The van der Waals surface area contributed by atoms with Crippen LogP contribution in [0.25, 0.3) is 0 Å². The lowest BCUT2D eigenvalue weighted by atomic mass is 9.86. The molecule has 2 fully saturated rings. The highest BCUT2D eigenvalue weighted by atomic mass is 16.3. The minimum Gasteiger partial charge on any atom is -0.468 e. The zero-order chi connectivity index (χ0) is 14.1. The van der Waals surface area contributed by atoms with Gasteiger partial charge >= 0.3 is 0 Å². The Morgan fingerprint density at radius 1 is 1.05 bits per heavy atom. The molecule has 0 bridgehead atoms. The van der Waals surface area contributed by atoms with Crippen LogP contribution in [-0.4, -0.2) is 42.0 Å². The molecule has 1 aromatic rings. The van der Waals surface area contributed by atoms with Crippen molar-refractivity contribution in [2.45, 2.75) is 38.3 Å². The molecular weight excluding hydrogens is 260 g/mol. The van der Waals surface area contributed by atoms with Gasteiger partial charge in [0.2, 0.25) is 0 Å². The third-order valence-corrected chi connectivity index (χ3v) is 5.68. The number of hydrogen-bond acceptors (Lipinski definition) is 3. The molecule has 3 nitrogen and oxygen atoms in total. The maximum absolute atomic E-state index is 5.47. The number of likely N-dealkylation sites (tertiary alicyclic amines) is 2. The molecule has 2 atom stereocenters. The molecule has 2 saturated heterocycles. The van der Waals surface area contributed by atoms with Crippen molar-refractivity contribution >= 4 is 0 Å². The lowest BCUT2D eigenvalue weighted by Gasteiger charge is -2.36. The maximum atomic E-state index is 5.47. The highest BCUT2D eigenvalue weighted by molar-refractivity contribution is 5.01. The predicted molar refractivity (Wildman–Crippen MR) is 83.9 cm³/mol. The largest absolute Gasteiger partial charge is 0.468 e. The van der Waals surface area contributed by atoms with E-state index < -0.39 is 0 Å². The van der Waals surface area contributed by atoms with Crippen LogP contribution in [0.4, 0.5) is 0 Å². The van der Waals surface area contributed by atoms with Gasteiger partial charge in [-0.3, -0.25) is 9.80 Å². The molecule has 0 saturated carbocycles. The van der Waals surface area contributed by atoms with Gasteiger partial charge in [-0.15, -0.1) is 0 Å². The van der Waals surface area contributed by atoms with Gasteiger partial charge in [0.25, 0.3) is 0 Å². The molecule has 0 N–H and O–H groups in total. The van der Waals surface area contributed by atoms with Gasteiger partial charge in [-0.2, -0.15) is 0 Å². The number of piperidine rings is 1. The number of hydrogen-bond donors (Lipinski definition) is 0. The van der Waals surface area contributed by atoms with Gasteiger partial charge in [0.15, 0.2) is 0 Å². The SMILES string of the molecule is C1=CC[C@H]2CN(C3CCN(Cc4ccco4)CC3)C[C@H]2C1. The number of allylic oxidation sites excluding steroid dienone is 2. The van der Waals surface area contributed by atoms with E-state index >= 15 is 0 Å². The minimum absolute atomic E-state index is 0.823. The van der Waals surface area contributed by atoms with Gasteiger partial charge in [0, 0.05) is 32.2 Å². The zero-order valence-corrected chi connectivity index (χ0v) is 12.8. The summed E-state index contributed by atoms with van der Waals surface area (Å²) < 4.78 is 5.47. The van der Waals surface area contributed by atoms with Crippen LogP contribution < -0.4 is 0 Å². The molecule has 1 aromatic heterocycles. The lowest BCUT2D eigenvalue weighted by molar-refractivity contribution is 0.113. The van der Waals surface area contributed by atoms with Crippen LogP contribution in [-0.2, 0) is 6.54 Å². The van der Waals surface area contributed by atoms with E-state index in [2.05, 4.69) is 28.0 Å².